The van der Waals surface area contributed by atoms with Gasteiger partial charge < -0.3 is 0 Å². The molecule has 2 aliphatic rings. The SMILES string of the molecule is C[C@@H]1CCN2CCC=CC2C1. The van der Waals surface area contributed by atoms with Crippen LogP contribution in [0.25, 0.3) is 0 Å². The molecule has 2 heterocycles. The molecule has 2 aliphatic heterocycles. The Kier molecular flexibility index (Phi) is 1.99. The van der Waals surface area contributed by atoms with E-state index in [1.165, 1.54) is 32.4 Å². The van der Waals surface area contributed by atoms with Crippen LogP contribution in [0.5, 0.6) is 0 Å². The third-order valence-corrected chi connectivity index (χ3v) is 2.96. The molecule has 0 N–H and O–H groups in total. The van der Waals surface area contributed by atoms with Gasteiger partial charge in [-0.15, -0.1) is 0 Å². The molecule has 0 amide bonds. The molecule has 1 unspecified atom stereocenters. The summed E-state index contributed by atoms with van der Waals surface area (Å²) < 4.78 is 0. The van der Waals surface area contributed by atoms with Gasteiger partial charge >= 0.3 is 0 Å². The minimum Gasteiger partial charge on any atom is -0.297 e. The Hall–Kier alpha value is -0.300. The maximum atomic E-state index is 2.62. The number of fused-ring (bicyclic) bond motifs is 1. The zero-order valence-corrected chi connectivity index (χ0v) is 7.29. The van der Waals surface area contributed by atoms with Crippen LogP contribution in [-0.4, -0.2) is 24.0 Å². The maximum absolute atomic E-state index is 2.62. The summed E-state index contributed by atoms with van der Waals surface area (Å²) in [5.74, 6) is 0.944. The number of nitrogens with zero attached hydrogens (tertiary/aromatic N) is 1. The van der Waals surface area contributed by atoms with Crippen LogP contribution in [0, 0.1) is 5.92 Å². The van der Waals surface area contributed by atoms with E-state index < -0.39 is 0 Å². The Morgan fingerprint density at radius 3 is 3.18 bits per heavy atom. The summed E-state index contributed by atoms with van der Waals surface area (Å²) in [6, 6.07) is 0.785. The van der Waals surface area contributed by atoms with Crippen LogP contribution >= 0.6 is 0 Å². The minimum absolute atomic E-state index is 0.785. The van der Waals surface area contributed by atoms with E-state index >= 15 is 0 Å². The van der Waals surface area contributed by atoms with Crippen molar-refractivity contribution in [1.82, 2.24) is 4.90 Å². The van der Waals surface area contributed by atoms with Gasteiger partial charge in [0.05, 0.1) is 0 Å². The first-order valence-corrected chi connectivity index (χ1v) is 4.77. The highest BCUT2D eigenvalue weighted by Gasteiger charge is 2.24. The van der Waals surface area contributed by atoms with E-state index in [0.717, 1.165) is 12.0 Å². The summed E-state index contributed by atoms with van der Waals surface area (Å²) in [6.07, 6.45) is 8.81. The largest absolute Gasteiger partial charge is 0.297 e. The number of rotatable bonds is 0. The van der Waals surface area contributed by atoms with Crippen molar-refractivity contribution in [2.24, 2.45) is 5.92 Å². The van der Waals surface area contributed by atoms with E-state index in [4.69, 9.17) is 0 Å². The predicted molar refractivity (Wildman–Crippen MR) is 47.5 cm³/mol. The second-order valence-corrected chi connectivity index (χ2v) is 3.95. The van der Waals surface area contributed by atoms with Crippen LogP contribution in [0.4, 0.5) is 0 Å². The van der Waals surface area contributed by atoms with Crippen molar-refractivity contribution >= 4 is 0 Å². The van der Waals surface area contributed by atoms with Crippen molar-refractivity contribution in [3.8, 4) is 0 Å². The van der Waals surface area contributed by atoms with Crippen LogP contribution in [0.2, 0.25) is 0 Å². The van der Waals surface area contributed by atoms with Crippen molar-refractivity contribution < 1.29 is 0 Å². The lowest BCUT2D eigenvalue weighted by Gasteiger charge is -2.38. The van der Waals surface area contributed by atoms with E-state index in [1.54, 1.807) is 0 Å². The molecule has 0 aromatic carbocycles. The number of hydrogen-bond acceptors (Lipinski definition) is 1. The molecule has 1 nitrogen and oxygen atoms in total. The quantitative estimate of drug-likeness (QED) is 0.479. The van der Waals surface area contributed by atoms with Gasteiger partial charge in [0.15, 0.2) is 0 Å². The first-order chi connectivity index (χ1) is 5.36. The highest BCUT2D eigenvalue weighted by atomic mass is 15.2. The van der Waals surface area contributed by atoms with Crippen LogP contribution in [0.3, 0.4) is 0 Å². The highest BCUT2D eigenvalue weighted by Crippen LogP contribution is 2.25. The molecule has 62 valence electrons. The first-order valence-electron chi connectivity index (χ1n) is 4.77. The average molecular weight is 151 g/mol. The monoisotopic (exact) mass is 151 g/mol. The standard InChI is InChI=1S/C10H17N/c1-9-5-7-11-6-3-2-4-10(11)8-9/h2,4,9-10H,3,5-8H2,1H3/t9-,10?/m1/s1. The van der Waals surface area contributed by atoms with Crippen LogP contribution in [0.15, 0.2) is 12.2 Å². The van der Waals surface area contributed by atoms with Gasteiger partial charge in [0, 0.05) is 12.6 Å². The minimum atomic E-state index is 0.785. The average Bonchev–Trinajstić information content (AvgIpc) is 2.04. The summed E-state index contributed by atoms with van der Waals surface area (Å²) in [4.78, 5) is 2.62. The van der Waals surface area contributed by atoms with Crippen LogP contribution in [-0.2, 0) is 0 Å². The number of piperidine rings is 1. The smallest absolute Gasteiger partial charge is 0.0280 e. The van der Waals surface area contributed by atoms with Gasteiger partial charge in [0.25, 0.3) is 0 Å². The molecule has 1 heteroatoms. The molecular weight excluding hydrogens is 134 g/mol. The van der Waals surface area contributed by atoms with Gasteiger partial charge in [0.1, 0.15) is 0 Å². The zero-order chi connectivity index (χ0) is 7.68. The Morgan fingerprint density at radius 2 is 2.27 bits per heavy atom. The summed E-state index contributed by atoms with van der Waals surface area (Å²) >= 11 is 0. The molecule has 0 saturated carbocycles. The lowest BCUT2D eigenvalue weighted by Crippen LogP contribution is -2.42. The van der Waals surface area contributed by atoms with E-state index in [1.807, 2.05) is 0 Å². The van der Waals surface area contributed by atoms with Gasteiger partial charge in [-0.2, -0.15) is 0 Å². The molecule has 1 fully saturated rings. The fourth-order valence-corrected chi connectivity index (χ4v) is 2.20. The normalized spacial score (nSPS) is 38.6. The summed E-state index contributed by atoms with van der Waals surface area (Å²) in [6.45, 7) is 5.00. The van der Waals surface area contributed by atoms with Crippen LogP contribution < -0.4 is 0 Å². The molecule has 11 heavy (non-hydrogen) atoms. The molecule has 0 bridgehead atoms. The second kappa shape index (κ2) is 2.98. The molecule has 0 aromatic heterocycles. The van der Waals surface area contributed by atoms with Gasteiger partial charge in [0.2, 0.25) is 0 Å². The van der Waals surface area contributed by atoms with Gasteiger partial charge in [-0.25, -0.2) is 0 Å². The Morgan fingerprint density at radius 1 is 1.36 bits per heavy atom. The van der Waals surface area contributed by atoms with E-state index in [0.29, 0.717) is 0 Å². The van der Waals surface area contributed by atoms with Crippen molar-refractivity contribution in [2.45, 2.75) is 32.2 Å². The third-order valence-electron chi connectivity index (χ3n) is 2.96. The molecule has 1 saturated heterocycles. The summed E-state index contributed by atoms with van der Waals surface area (Å²) in [7, 11) is 0. The molecular formula is C10H17N. The molecule has 0 aliphatic carbocycles. The molecule has 2 rings (SSSR count). The fourth-order valence-electron chi connectivity index (χ4n) is 2.20. The van der Waals surface area contributed by atoms with Gasteiger partial charge in [-0.05, 0) is 31.7 Å². The summed E-state index contributed by atoms with van der Waals surface area (Å²) in [5.41, 5.74) is 0. The highest BCUT2D eigenvalue weighted by molar-refractivity contribution is 5.01. The van der Waals surface area contributed by atoms with Crippen molar-refractivity contribution in [3.05, 3.63) is 12.2 Å². The Balaban J connectivity index is 2.03. The lowest BCUT2D eigenvalue weighted by molar-refractivity contribution is 0.142. The molecule has 0 spiro atoms. The lowest BCUT2D eigenvalue weighted by atomic mass is 9.90. The molecule has 0 aromatic rings. The fraction of sp³-hybridized carbons (Fsp3) is 0.800. The van der Waals surface area contributed by atoms with Crippen molar-refractivity contribution in [1.29, 1.82) is 0 Å². The number of hydrogen-bond donors (Lipinski definition) is 0. The maximum Gasteiger partial charge on any atom is 0.0280 e. The van der Waals surface area contributed by atoms with E-state index in [2.05, 4.69) is 24.0 Å². The predicted octanol–water partition coefficient (Wildman–Crippen LogP) is 2.05. The van der Waals surface area contributed by atoms with E-state index in [9.17, 15) is 0 Å². The van der Waals surface area contributed by atoms with Gasteiger partial charge in [-0.3, -0.25) is 4.90 Å². The summed E-state index contributed by atoms with van der Waals surface area (Å²) in [5, 5.41) is 0. The molecule has 0 radical (unpaired) electrons. The van der Waals surface area contributed by atoms with E-state index in [-0.39, 0.29) is 0 Å². The van der Waals surface area contributed by atoms with Gasteiger partial charge in [-0.1, -0.05) is 19.1 Å². The third kappa shape index (κ3) is 1.48. The first kappa shape index (κ1) is 7.35. The van der Waals surface area contributed by atoms with Crippen molar-refractivity contribution in [3.63, 3.8) is 0 Å². The topological polar surface area (TPSA) is 3.24 Å². The second-order valence-electron chi connectivity index (χ2n) is 3.95. The van der Waals surface area contributed by atoms with Crippen molar-refractivity contribution in [2.75, 3.05) is 13.1 Å². The molecule has 2 atom stereocenters. The Bertz CT molecular complexity index is 162. The van der Waals surface area contributed by atoms with Crippen LogP contribution in [0.1, 0.15) is 26.2 Å². The Labute approximate surface area is 69.1 Å². The zero-order valence-electron chi connectivity index (χ0n) is 7.29.